The number of hydrogen-bond acceptors (Lipinski definition) is 2. The van der Waals surface area contributed by atoms with Gasteiger partial charge in [-0.1, -0.05) is 12.1 Å². The smallest absolute Gasteiger partial charge is 0.106 e. The maximum Gasteiger partial charge on any atom is 0.106 e. The summed E-state index contributed by atoms with van der Waals surface area (Å²) in [5.41, 5.74) is 3.45. The van der Waals surface area contributed by atoms with Crippen LogP contribution in [0.1, 0.15) is 11.3 Å². The van der Waals surface area contributed by atoms with Gasteiger partial charge < -0.3 is 5.32 Å². The first kappa shape index (κ1) is 12.8. The molecule has 0 aliphatic heterocycles. The van der Waals surface area contributed by atoms with Crippen LogP contribution in [0.2, 0.25) is 0 Å². The average molecular weight is 403 g/mol. The van der Waals surface area contributed by atoms with Crippen LogP contribution in [0.4, 0.5) is 5.69 Å². The third kappa shape index (κ3) is 3.67. The van der Waals surface area contributed by atoms with Gasteiger partial charge in [0.25, 0.3) is 0 Å². The number of halogens is 2. The third-order valence-corrected chi connectivity index (χ3v) is 4.02. The molecule has 0 amide bonds. The molecule has 17 heavy (non-hydrogen) atoms. The molecule has 1 aromatic heterocycles. The number of nitrogens with one attached hydrogen (secondary N) is 1. The standard InChI is InChI=1S/C13H12BrIN2/c1-9-5-6-10(7-12(9)15)16-8-11-3-2-4-13(14)17-11/h2-7,16H,8H2,1H3. The number of rotatable bonds is 3. The minimum Gasteiger partial charge on any atom is -0.379 e. The number of pyridine rings is 1. The molecule has 0 atom stereocenters. The minimum atomic E-state index is 0.735. The van der Waals surface area contributed by atoms with E-state index in [9.17, 15) is 0 Å². The molecule has 4 heteroatoms. The Labute approximate surface area is 123 Å². The first-order valence-electron chi connectivity index (χ1n) is 5.26. The predicted molar refractivity (Wildman–Crippen MR) is 83.2 cm³/mol. The summed E-state index contributed by atoms with van der Waals surface area (Å²) in [7, 11) is 0. The first-order valence-corrected chi connectivity index (χ1v) is 7.14. The molecular formula is C13H12BrIN2. The number of nitrogens with zero attached hydrogens (tertiary/aromatic N) is 1. The van der Waals surface area contributed by atoms with Gasteiger partial charge in [0.1, 0.15) is 4.60 Å². The van der Waals surface area contributed by atoms with E-state index < -0.39 is 0 Å². The van der Waals surface area contributed by atoms with E-state index in [0.29, 0.717) is 0 Å². The van der Waals surface area contributed by atoms with Crippen molar-refractivity contribution in [1.29, 1.82) is 0 Å². The number of hydrogen-bond donors (Lipinski definition) is 1. The second-order valence-electron chi connectivity index (χ2n) is 3.77. The molecule has 0 spiro atoms. The van der Waals surface area contributed by atoms with E-state index in [1.807, 2.05) is 18.2 Å². The lowest BCUT2D eigenvalue weighted by Gasteiger charge is -2.07. The predicted octanol–water partition coefficient (Wildman–Crippen LogP) is 4.37. The summed E-state index contributed by atoms with van der Waals surface area (Å²) in [6, 6.07) is 12.3. The second-order valence-corrected chi connectivity index (χ2v) is 5.74. The van der Waals surface area contributed by atoms with Crippen molar-refractivity contribution in [2.24, 2.45) is 0 Å². The van der Waals surface area contributed by atoms with Crippen molar-refractivity contribution in [3.8, 4) is 0 Å². The van der Waals surface area contributed by atoms with Gasteiger partial charge >= 0.3 is 0 Å². The quantitative estimate of drug-likeness (QED) is 0.609. The van der Waals surface area contributed by atoms with Crippen molar-refractivity contribution in [3.63, 3.8) is 0 Å². The monoisotopic (exact) mass is 402 g/mol. The Bertz CT molecular complexity index is 529. The SMILES string of the molecule is Cc1ccc(NCc2cccc(Br)n2)cc1I. The van der Waals surface area contributed by atoms with Crippen LogP contribution in [0.25, 0.3) is 0 Å². The summed E-state index contributed by atoms with van der Waals surface area (Å²) < 4.78 is 2.14. The Kier molecular flexibility index (Phi) is 4.39. The Hall–Kier alpha value is -0.620. The van der Waals surface area contributed by atoms with E-state index >= 15 is 0 Å². The van der Waals surface area contributed by atoms with Gasteiger partial charge in [-0.25, -0.2) is 4.98 Å². The highest BCUT2D eigenvalue weighted by Gasteiger charge is 1.99. The van der Waals surface area contributed by atoms with Crippen LogP contribution in [-0.4, -0.2) is 4.98 Å². The molecule has 2 nitrogen and oxygen atoms in total. The maximum atomic E-state index is 4.38. The van der Waals surface area contributed by atoms with Gasteiger partial charge in [0.2, 0.25) is 0 Å². The summed E-state index contributed by atoms with van der Waals surface area (Å²) in [4.78, 5) is 4.38. The topological polar surface area (TPSA) is 24.9 Å². The van der Waals surface area contributed by atoms with Crippen LogP contribution in [-0.2, 0) is 6.54 Å². The van der Waals surface area contributed by atoms with Crippen molar-refractivity contribution >= 4 is 44.2 Å². The van der Waals surface area contributed by atoms with Gasteiger partial charge in [-0.15, -0.1) is 0 Å². The first-order chi connectivity index (χ1) is 8.15. The van der Waals surface area contributed by atoms with Crippen LogP contribution < -0.4 is 5.32 Å². The normalized spacial score (nSPS) is 10.3. The molecule has 0 radical (unpaired) electrons. The summed E-state index contributed by atoms with van der Waals surface area (Å²) in [5.74, 6) is 0. The molecule has 1 aromatic carbocycles. The van der Waals surface area contributed by atoms with E-state index in [2.05, 4.69) is 73.9 Å². The van der Waals surface area contributed by atoms with Gasteiger partial charge in [-0.05, 0) is 75.3 Å². The van der Waals surface area contributed by atoms with E-state index in [-0.39, 0.29) is 0 Å². The molecule has 2 aromatic rings. The van der Waals surface area contributed by atoms with E-state index in [0.717, 1.165) is 22.5 Å². The Balaban J connectivity index is 2.05. The fourth-order valence-electron chi connectivity index (χ4n) is 1.44. The second kappa shape index (κ2) is 5.82. The zero-order chi connectivity index (χ0) is 12.3. The number of anilines is 1. The molecule has 0 unspecified atom stereocenters. The summed E-state index contributed by atoms with van der Waals surface area (Å²) in [6.45, 7) is 2.85. The van der Waals surface area contributed by atoms with Crippen molar-refractivity contribution < 1.29 is 0 Å². The lowest BCUT2D eigenvalue weighted by atomic mass is 10.2. The third-order valence-electron chi connectivity index (χ3n) is 2.42. The van der Waals surface area contributed by atoms with Crippen molar-refractivity contribution in [3.05, 3.63) is 55.8 Å². The van der Waals surface area contributed by atoms with Gasteiger partial charge in [0.05, 0.1) is 12.2 Å². The van der Waals surface area contributed by atoms with Crippen molar-refractivity contribution in [2.45, 2.75) is 13.5 Å². The summed E-state index contributed by atoms with van der Waals surface area (Å²) >= 11 is 5.72. The lowest BCUT2D eigenvalue weighted by Crippen LogP contribution is -2.02. The van der Waals surface area contributed by atoms with Gasteiger partial charge in [0.15, 0.2) is 0 Å². The highest BCUT2D eigenvalue weighted by molar-refractivity contribution is 14.1. The molecule has 0 fully saturated rings. The summed E-state index contributed by atoms with van der Waals surface area (Å²) in [6.07, 6.45) is 0. The van der Waals surface area contributed by atoms with E-state index in [4.69, 9.17) is 0 Å². The fraction of sp³-hybridized carbons (Fsp3) is 0.154. The summed E-state index contributed by atoms with van der Waals surface area (Å²) in [5, 5.41) is 3.37. The number of aryl methyl sites for hydroxylation is 1. The lowest BCUT2D eigenvalue weighted by molar-refractivity contribution is 1.03. The van der Waals surface area contributed by atoms with Crippen LogP contribution in [0, 0.1) is 10.5 Å². The van der Waals surface area contributed by atoms with E-state index in [1.165, 1.54) is 9.13 Å². The number of aromatic nitrogens is 1. The van der Waals surface area contributed by atoms with Crippen LogP contribution in [0.5, 0.6) is 0 Å². The van der Waals surface area contributed by atoms with Crippen molar-refractivity contribution in [2.75, 3.05) is 5.32 Å². The molecule has 2 rings (SSSR count). The van der Waals surface area contributed by atoms with Gasteiger partial charge in [-0.2, -0.15) is 0 Å². The minimum absolute atomic E-state index is 0.735. The largest absolute Gasteiger partial charge is 0.379 e. The van der Waals surface area contributed by atoms with Crippen LogP contribution in [0.3, 0.4) is 0 Å². The van der Waals surface area contributed by atoms with Crippen molar-refractivity contribution in [1.82, 2.24) is 4.98 Å². The van der Waals surface area contributed by atoms with Crippen LogP contribution in [0.15, 0.2) is 41.0 Å². The molecule has 0 bridgehead atoms. The zero-order valence-corrected chi connectivity index (χ0v) is 13.1. The van der Waals surface area contributed by atoms with Gasteiger partial charge in [0, 0.05) is 9.26 Å². The van der Waals surface area contributed by atoms with Crippen LogP contribution >= 0.6 is 38.5 Å². The Morgan fingerprint density at radius 1 is 1.29 bits per heavy atom. The molecule has 0 aliphatic carbocycles. The number of benzene rings is 1. The highest BCUT2D eigenvalue weighted by atomic mass is 127. The Morgan fingerprint density at radius 2 is 2.12 bits per heavy atom. The molecule has 0 aliphatic rings. The maximum absolute atomic E-state index is 4.38. The Morgan fingerprint density at radius 3 is 2.82 bits per heavy atom. The molecule has 88 valence electrons. The average Bonchev–Trinajstić information content (AvgIpc) is 2.31. The molecule has 1 heterocycles. The fourth-order valence-corrected chi connectivity index (χ4v) is 2.34. The highest BCUT2D eigenvalue weighted by Crippen LogP contribution is 2.17. The zero-order valence-electron chi connectivity index (χ0n) is 9.37. The molecule has 0 saturated carbocycles. The molecular weight excluding hydrogens is 391 g/mol. The molecule has 1 N–H and O–H groups in total. The molecule has 0 saturated heterocycles. The van der Waals surface area contributed by atoms with Gasteiger partial charge in [-0.3, -0.25) is 0 Å². The van der Waals surface area contributed by atoms with E-state index in [1.54, 1.807) is 0 Å².